The molecule has 0 radical (unpaired) electrons. The van der Waals surface area contributed by atoms with E-state index in [0.29, 0.717) is 12.4 Å². The van der Waals surface area contributed by atoms with Gasteiger partial charge in [-0.15, -0.1) is 0 Å². The first-order chi connectivity index (χ1) is 11.0. The van der Waals surface area contributed by atoms with Gasteiger partial charge in [-0.2, -0.15) is 0 Å². The number of nitro groups is 1. The summed E-state index contributed by atoms with van der Waals surface area (Å²) in [6.45, 7) is 5.34. The second kappa shape index (κ2) is 6.04. The van der Waals surface area contributed by atoms with Crippen LogP contribution in [0.4, 0.5) is 23.0 Å². The first kappa shape index (κ1) is 15.0. The van der Waals surface area contributed by atoms with Crippen molar-refractivity contribution < 1.29 is 4.92 Å². The van der Waals surface area contributed by atoms with Crippen LogP contribution in [0.5, 0.6) is 0 Å². The van der Waals surface area contributed by atoms with Gasteiger partial charge in [-0.05, 0) is 32.0 Å². The molecule has 3 rings (SSSR count). The minimum atomic E-state index is -0.432. The molecule has 0 saturated carbocycles. The molecule has 0 amide bonds. The van der Waals surface area contributed by atoms with Crippen LogP contribution < -0.4 is 10.2 Å². The van der Waals surface area contributed by atoms with Gasteiger partial charge in [0.1, 0.15) is 11.7 Å². The molecule has 1 aromatic carbocycles. The number of benzene rings is 1. The number of hydrogen-bond acceptors (Lipinski definition) is 6. The maximum absolute atomic E-state index is 11.3. The maximum atomic E-state index is 11.3. The van der Waals surface area contributed by atoms with Crippen LogP contribution in [0.25, 0.3) is 0 Å². The van der Waals surface area contributed by atoms with E-state index in [9.17, 15) is 10.1 Å². The summed E-state index contributed by atoms with van der Waals surface area (Å²) in [4.78, 5) is 21.5. The third kappa shape index (κ3) is 3.13. The Morgan fingerprint density at radius 2 is 1.91 bits per heavy atom. The predicted octanol–water partition coefficient (Wildman–Crippen LogP) is 3.28. The predicted molar refractivity (Wildman–Crippen MR) is 90.7 cm³/mol. The Labute approximate surface area is 133 Å². The fourth-order valence-electron chi connectivity index (χ4n) is 2.44. The largest absolute Gasteiger partial charge is 0.334 e. The fourth-order valence-corrected chi connectivity index (χ4v) is 2.44. The van der Waals surface area contributed by atoms with Crippen LogP contribution in [0, 0.1) is 17.0 Å². The molecule has 0 aliphatic carbocycles. The van der Waals surface area contributed by atoms with Crippen LogP contribution in [-0.2, 0) is 0 Å². The summed E-state index contributed by atoms with van der Waals surface area (Å²) in [6.07, 6.45) is 0. The third-order valence-electron chi connectivity index (χ3n) is 3.70. The molecule has 1 aliphatic heterocycles. The van der Waals surface area contributed by atoms with Crippen molar-refractivity contribution >= 4 is 28.8 Å². The van der Waals surface area contributed by atoms with Gasteiger partial charge in [-0.3, -0.25) is 15.1 Å². The van der Waals surface area contributed by atoms with Gasteiger partial charge in [0.2, 0.25) is 5.82 Å². The maximum Gasteiger partial charge on any atom is 0.311 e. The minimum Gasteiger partial charge on any atom is -0.334 e. The Hall–Kier alpha value is -2.96. The first-order valence-electron chi connectivity index (χ1n) is 7.32. The molecule has 0 bridgehead atoms. The molecule has 0 saturated heterocycles. The molecule has 1 aliphatic rings. The van der Waals surface area contributed by atoms with E-state index in [1.165, 1.54) is 6.07 Å². The lowest BCUT2D eigenvalue weighted by molar-refractivity contribution is -0.384. The summed E-state index contributed by atoms with van der Waals surface area (Å²) in [6, 6.07) is 10.8. The number of aromatic nitrogens is 1. The number of pyridine rings is 1. The molecular formula is C16H17N5O2. The average molecular weight is 311 g/mol. The standard InChI is InChI=1S/C16H17N5O2/c1-11-3-5-13(6-4-11)18-16-14(21(22)23)7-8-15(19-16)20-10-9-17-12(20)2/h3-8H,9-10H2,1-2H3,(H,18,19). The van der Waals surface area contributed by atoms with Crippen molar-refractivity contribution in [2.45, 2.75) is 13.8 Å². The Morgan fingerprint density at radius 1 is 1.17 bits per heavy atom. The lowest BCUT2D eigenvalue weighted by Crippen LogP contribution is -2.26. The van der Waals surface area contributed by atoms with E-state index in [2.05, 4.69) is 15.3 Å². The van der Waals surface area contributed by atoms with Gasteiger partial charge < -0.3 is 10.2 Å². The lowest BCUT2D eigenvalue weighted by atomic mass is 10.2. The normalized spacial score (nSPS) is 13.8. The average Bonchev–Trinajstić information content (AvgIpc) is 2.95. The molecular weight excluding hydrogens is 294 g/mol. The summed E-state index contributed by atoms with van der Waals surface area (Å²) in [7, 11) is 0. The van der Waals surface area contributed by atoms with Crippen LogP contribution in [0.15, 0.2) is 41.4 Å². The van der Waals surface area contributed by atoms with Crippen LogP contribution in [0.2, 0.25) is 0 Å². The number of rotatable bonds is 4. The van der Waals surface area contributed by atoms with Crippen molar-refractivity contribution in [2.75, 3.05) is 23.3 Å². The summed E-state index contributed by atoms with van der Waals surface area (Å²) in [5, 5.41) is 14.3. The van der Waals surface area contributed by atoms with E-state index >= 15 is 0 Å². The zero-order valence-corrected chi connectivity index (χ0v) is 13.0. The highest BCUT2D eigenvalue weighted by Gasteiger charge is 2.21. The zero-order chi connectivity index (χ0) is 16.4. The summed E-state index contributed by atoms with van der Waals surface area (Å²) < 4.78 is 0. The number of aliphatic imine (C=N–C) groups is 1. The Kier molecular flexibility index (Phi) is 3.92. The molecule has 0 fully saturated rings. The van der Waals surface area contributed by atoms with E-state index in [-0.39, 0.29) is 11.5 Å². The number of aryl methyl sites for hydroxylation is 1. The SMILES string of the molecule is CC1=NCCN1c1ccc([N+](=O)[O-])c(Nc2ccc(C)cc2)n1. The lowest BCUT2D eigenvalue weighted by Gasteiger charge is -2.18. The summed E-state index contributed by atoms with van der Waals surface area (Å²) in [5.41, 5.74) is 1.83. The highest BCUT2D eigenvalue weighted by Crippen LogP contribution is 2.29. The molecule has 0 spiro atoms. The fraction of sp³-hybridized carbons (Fsp3) is 0.250. The van der Waals surface area contributed by atoms with Gasteiger partial charge in [0, 0.05) is 18.3 Å². The van der Waals surface area contributed by atoms with Gasteiger partial charge in [-0.1, -0.05) is 17.7 Å². The molecule has 1 N–H and O–H groups in total. The quantitative estimate of drug-likeness (QED) is 0.692. The van der Waals surface area contributed by atoms with Gasteiger partial charge in [0.15, 0.2) is 0 Å². The van der Waals surface area contributed by atoms with Crippen LogP contribution in [-0.4, -0.2) is 28.8 Å². The van der Waals surface area contributed by atoms with Crippen molar-refractivity contribution in [3.05, 3.63) is 52.1 Å². The van der Waals surface area contributed by atoms with E-state index in [4.69, 9.17) is 0 Å². The van der Waals surface area contributed by atoms with Crippen molar-refractivity contribution in [1.82, 2.24) is 4.98 Å². The third-order valence-corrected chi connectivity index (χ3v) is 3.70. The zero-order valence-electron chi connectivity index (χ0n) is 13.0. The summed E-state index contributed by atoms with van der Waals surface area (Å²) in [5.74, 6) is 1.76. The summed E-state index contributed by atoms with van der Waals surface area (Å²) >= 11 is 0. The monoisotopic (exact) mass is 311 g/mol. The van der Waals surface area contributed by atoms with E-state index in [1.54, 1.807) is 6.07 Å². The van der Waals surface area contributed by atoms with Gasteiger partial charge >= 0.3 is 5.69 Å². The molecule has 0 unspecified atom stereocenters. The number of anilines is 3. The number of amidine groups is 1. The number of hydrogen-bond donors (Lipinski definition) is 1. The van der Waals surface area contributed by atoms with Crippen molar-refractivity contribution in [3.8, 4) is 0 Å². The first-order valence-corrected chi connectivity index (χ1v) is 7.32. The minimum absolute atomic E-state index is 0.0527. The van der Waals surface area contributed by atoms with Crippen LogP contribution in [0.1, 0.15) is 12.5 Å². The molecule has 23 heavy (non-hydrogen) atoms. The molecule has 2 heterocycles. The molecule has 0 atom stereocenters. The van der Waals surface area contributed by atoms with Crippen molar-refractivity contribution in [3.63, 3.8) is 0 Å². The molecule has 7 nitrogen and oxygen atoms in total. The molecule has 2 aromatic rings. The Balaban J connectivity index is 1.96. The van der Waals surface area contributed by atoms with Crippen molar-refractivity contribution in [2.24, 2.45) is 4.99 Å². The van der Waals surface area contributed by atoms with Crippen molar-refractivity contribution in [1.29, 1.82) is 0 Å². The van der Waals surface area contributed by atoms with Crippen LogP contribution >= 0.6 is 0 Å². The van der Waals surface area contributed by atoms with Gasteiger partial charge in [0.25, 0.3) is 0 Å². The molecule has 1 aromatic heterocycles. The Morgan fingerprint density at radius 3 is 2.52 bits per heavy atom. The highest BCUT2D eigenvalue weighted by atomic mass is 16.6. The molecule has 7 heteroatoms. The smallest absolute Gasteiger partial charge is 0.311 e. The van der Waals surface area contributed by atoms with E-state index < -0.39 is 4.92 Å². The second-order valence-electron chi connectivity index (χ2n) is 5.37. The van der Waals surface area contributed by atoms with Crippen LogP contribution in [0.3, 0.4) is 0 Å². The second-order valence-corrected chi connectivity index (χ2v) is 5.37. The molecule has 118 valence electrons. The topological polar surface area (TPSA) is 83.7 Å². The number of nitrogens with zero attached hydrogens (tertiary/aromatic N) is 4. The van der Waals surface area contributed by atoms with Gasteiger partial charge in [0.05, 0.1) is 11.5 Å². The number of nitrogens with one attached hydrogen (secondary N) is 1. The Bertz CT molecular complexity index is 771. The van der Waals surface area contributed by atoms with E-state index in [0.717, 1.165) is 23.6 Å². The van der Waals surface area contributed by atoms with Gasteiger partial charge in [-0.25, -0.2) is 4.98 Å². The highest BCUT2D eigenvalue weighted by molar-refractivity contribution is 5.97. The van der Waals surface area contributed by atoms with E-state index in [1.807, 2.05) is 43.0 Å².